The molecular formula is C12H18ClN3. The maximum Gasteiger partial charge on any atom is 0.137 e. The summed E-state index contributed by atoms with van der Waals surface area (Å²) in [6.45, 7) is 6.35. The molecule has 1 heterocycles. The fraction of sp³-hybridized carbons (Fsp3) is 0.667. The molecule has 1 fully saturated rings. The fourth-order valence-corrected chi connectivity index (χ4v) is 2.20. The van der Waals surface area contributed by atoms with Crippen molar-refractivity contribution in [3.8, 4) is 0 Å². The topological polar surface area (TPSA) is 29.0 Å². The third kappa shape index (κ3) is 2.46. The van der Waals surface area contributed by atoms with Gasteiger partial charge in [0.05, 0.1) is 0 Å². The average Bonchev–Trinajstić information content (AvgIpc) is 3.09. The lowest BCUT2D eigenvalue weighted by Crippen LogP contribution is -2.27. The number of aromatic nitrogens is 2. The molecule has 0 N–H and O–H groups in total. The number of rotatable bonds is 5. The van der Waals surface area contributed by atoms with Gasteiger partial charge in [0.1, 0.15) is 17.3 Å². The van der Waals surface area contributed by atoms with Crippen LogP contribution < -0.4 is 4.90 Å². The number of nitrogens with zero attached hydrogens (tertiary/aromatic N) is 3. The predicted molar refractivity (Wildman–Crippen MR) is 67.0 cm³/mol. The minimum absolute atomic E-state index is 0.599. The second-order valence-corrected chi connectivity index (χ2v) is 4.66. The van der Waals surface area contributed by atoms with Crippen molar-refractivity contribution in [2.24, 2.45) is 5.92 Å². The van der Waals surface area contributed by atoms with Gasteiger partial charge in [-0.3, -0.25) is 0 Å². The summed E-state index contributed by atoms with van der Waals surface area (Å²) < 4.78 is 0. The van der Waals surface area contributed by atoms with E-state index in [1.807, 2.05) is 0 Å². The first-order valence-corrected chi connectivity index (χ1v) is 6.38. The Morgan fingerprint density at radius 1 is 1.38 bits per heavy atom. The normalized spacial score (nSPS) is 15.2. The smallest absolute Gasteiger partial charge is 0.137 e. The van der Waals surface area contributed by atoms with Crippen LogP contribution in [-0.2, 0) is 6.42 Å². The van der Waals surface area contributed by atoms with Crippen LogP contribution in [-0.4, -0.2) is 23.1 Å². The zero-order chi connectivity index (χ0) is 11.5. The highest BCUT2D eigenvalue weighted by molar-refractivity contribution is 6.30. The molecule has 0 unspecified atom stereocenters. The van der Waals surface area contributed by atoms with Crippen molar-refractivity contribution >= 4 is 17.4 Å². The van der Waals surface area contributed by atoms with Crippen molar-refractivity contribution in [3.05, 3.63) is 17.0 Å². The van der Waals surface area contributed by atoms with Gasteiger partial charge in [-0.25, -0.2) is 9.97 Å². The van der Waals surface area contributed by atoms with Crippen LogP contribution in [0.25, 0.3) is 0 Å². The maximum atomic E-state index is 6.10. The quantitative estimate of drug-likeness (QED) is 0.740. The highest BCUT2D eigenvalue weighted by Crippen LogP contribution is 2.32. The molecule has 3 nitrogen and oxygen atoms in total. The molecule has 0 spiro atoms. The molecule has 4 heteroatoms. The molecule has 1 saturated carbocycles. The summed E-state index contributed by atoms with van der Waals surface area (Å²) in [6.07, 6.45) is 5.16. The van der Waals surface area contributed by atoms with Crippen molar-refractivity contribution in [1.82, 2.24) is 9.97 Å². The lowest BCUT2D eigenvalue weighted by molar-refractivity contribution is 0.725. The van der Waals surface area contributed by atoms with E-state index in [1.54, 1.807) is 6.33 Å². The van der Waals surface area contributed by atoms with Gasteiger partial charge in [0.15, 0.2) is 0 Å². The molecule has 0 amide bonds. The lowest BCUT2D eigenvalue weighted by atomic mass is 10.2. The molecule has 0 saturated heterocycles. The third-order valence-electron chi connectivity index (χ3n) is 3.08. The van der Waals surface area contributed by atoms with Crippen LogP contribution in [0.15, 0.2) is 6.33 Å². The SMILES string of the molecule is CCc1c(Cl)ncnc1N(CC)CC1CC1. The van der Waals surface area contributed by atoms with E-state index >= 15 is 0 Å². The minimum Gasteiger partial charge on any atom is -0.356 e. The Balaban J connectivity index is 2.24. The zero-order valence-corrected chi connectivity index (χ0v) is 10.7. The lowest BCUT2D eigenvalue weighted by Gasteiger charge is -2.24. The van der Waals surface area contributed by atoms with Gasteiger partial charge in [0, 0.05) is 18.7 Å². The average molecular weight is 240 g/mol. The highest BCUT2D eigenvalue weighted by atomic mass is 35.5. The first kappa shape index (κ1) is 11.6. The van der Waals surface area contributed by atoms with Crippen molar-refractivity contribution in [1.29, 1.82) is 0 Å². The Labute approximate surface area is 102 Å². The molecule has 88 valence electrons. The molecule has 0 bridgehead atoms. The van der Waals surface area contributed by atoms with Crippen LogP contribution in [0.2, 0.25) is 5.15 Å². The number of hydrogen-bond acceptors (Lipinski definition) is 3. The van der Waals surface area contributed by atoms with E-state index in [0.29, 0.717) is 5.15 Å². The van der Waals surface area contributed by atoms with E-state index in [9.17, 15) is 0 Å². The van der Waals surface area contributed by atoms with Crippen LogP contribution in [0.5, 0.6) is 0 Å². The molecule has 0 aliphatic heterocycles. The van der Waals surface area contributed by atoms with Gasteiger partial charge in [-0.2, -0.15) is 0 Å². The van der Waals surface area contributed by atoms with Gasteiger partial charge in [0.2, 0.25) is 0 Å². The molecule has 0 atom stereocenters. The van der Waals surface area contributed by atoms with E-state index in [4.69, 9.17) is 11.6 Å². The van der Waals surface area contributed by atoms with Crippen LogP contribution >= 0.6 is 11.6 Å². The molecule has 16 heavy (non-hydrogen) atoms. The molecule has 0 radical (unpaired) electrons. The Bertz CT molecular complexity index is 363. The summed E-state index contributed by atoms with van der Waals surface area (Å²) in [5.41, 5.74) is 1.08. The van der Waals surface area contributed by atoms with Crippen molar-refractivity contribution in [2.45, 2.75) is 33.1 Å². The number of anilines is 1. The van der Waals surface area contributed by atoms with Gasteiger partial charge in [-0.15, -0.1) is 0 Å². The monoisotopic (exact) mass is 239 g/mol. The summed E-state index contributed by atoms with van der Waals surface area (Å²) >= 11 is 6.10. The van der Waals surface area contributed by atoms with E-state index in [1.165, 1.54) is 12.8 Å². The maximum absolute atomic E-state index is 6.10. The first-order chi connectivity index (χ1) is 7.76. The summed E-state index contributed by atoms with van der Waals surface area (Å²) in [5.74, 6) is 1.88. The molecule has 0 aromatic carbocycles. The second-order valence-electron chi connectivity index (χ2n) is 4.30. The van der Waals surface area contributed by atoms with Gasteiger partial charge in [0.25, 0.3) is 0 Å². The molecular weight excluding hydrogens is 222 g/mol. The minimum atomic E-state index is 0.599. The van der Waals surface area contributed by atoms with E-state index < -0.39 is 0 Å². The van der Waals surface area contributed by atoms with Gasteiger partial charge in [-0.05, 0) is 32.1 Å². The highest BCUT2D eigenvalue weighted by Gasteiger charge is 2.25. The summed E-state index contributed by atoms with van der Waals surface area (Å²) in [7, 11) is 0. The van der Waals surface area contributed by atoms with Crippen molar-refractivity contribution in [3.63, 3.8) is 0 Å². The Morgan fingerprint density at radius 3 is 2.69 bits per heavy atom. The fourth-order valence-electron chi connectivity index (χ4n) is 1.94. The molecule has 1 aliphatic rings. The molecule has 1 aromatic rings. The molecule has 1 aromatic heterocycles. The third-order valence-corrected chi connectivity index (χ3v) is 3.41. The van der Waals surface area contributed by atoms with E-state index in [2.05, 4.69) is 28.7 Å². The molecule has 2 rings (SSSR count). The summed E-state index contributed by atoms with van der Waals surface area (Å²) in [4.78, 5) is 10.8. The Hall–Kier alpha value is -0.830. The van der Waals surface area contributed by atoms with E-state index in [-0.39, 0.29) is 0 Å². The van der Waals surface area contributed by atoms with E-state index in [0.717, 1.165) is 36.8 Å². The van der Waals surface area contributed by atoms with Gasteiger partial charge in [-0.1, -0.05) is 18.5 Å². The van der Waals surface area contributed by atoms with Crippen LogP contribution in [0, 0.1) is 5.92 Å². The predicted octanol–water partition coefficient (Wildman–Crippen LogP) is 2.93. The van der Waals surface area contributed by atoms with Crippen molar-refractivity contribution in [2.75, 3.05) is 18.0 Å². The first-order valence-electron chi connectivity index (χ1n) is 6.00. The summed E-state index contributed by atoms with van der Waals surface area (Å²) in [6, 6.07) is 0. The van der Waals surface area contributed by atoms with Gasteiger partial charge < -0.3 is 4.90 Å². The van der Waals surface area contributed by atoms with Crippen LogP contribution in [0.1, 0.15) is 32.3 Å². The number of hydrogen-bond donors (Lipinski definition) is 0. The Morgan fingerprint density at radius 2 is 2.12 bits per heavy atom. The Kier molecular flexibility index (Phi) is 3.64. The van der Waals surface area contributed by atoms with Gasteiger partial charge >= 0.3 is 0 Å². The molecule has 1 aliphatic carbocycles. The zero-order valence-electron chi connectivity index (χ0n) is 9.91. The van der Waals surface area contributed by atoms with Crippen LogP contribution in [0.3, 0.4) is 0 Å². The van der Waals surface area contributed by atoms with Crippen molar-refractivity contribution < 1.29 is 0 Å². The standard InChI is InChI=1S/C12H18ClN3/c1-3-10-11(13)14-8-15-12(10)16(4-2)7-9-5-6-9/h8-9H,3-7H2,1-2H3. The van der Waals surface area contributed by atoms with Crippen LogP contribution in [0.4, 0.5) is 5.82 Å². The number of halogens is 1. The second kappa shape index (κ2) is 5.00. The summed E-state index contributed by atoms with van der Waals surface area (Å²) in [5, 5.41) is 0.599. The largest absolute Gasteiger partial charge is 0.356 e.